The van der Waals surface area contributed by atoms with E-state index in [-0.39, 0.29) is 11.9 Å². The van der Waals surface area contributed by atoms with Crippen LogP contribution in [-0.4, -0.2) is 20.7 Å². The Kier molecular flexibility index (Phi) is 3.75. The maximum atomic E-state index is 13.2. The Morgan fingerprint density at radius 1 is 1.29 bits per heavy atom. The number of aryl methyl sites for hydroxylation is 2. The van der Waals surface area contributed by atoms with E-state index in [1.807, 2.05) is 57.3 Å². The van der Waals surface area contributed by atoms with Crippen molar-refractivity contribution in [1.82, 2.24) is 20.1 Å². The topological polar surface area (TPSA) is 73.0 Å². The number of para-hydroxylation sites is 1. The molecule has 0 unspecified atom stereocenters. The van der Waals surface area contributed by atoms with Gasteiger partial charge in [-0.2, -0.15) is 5.10 Å². The third-order valence-electron chi connectivity index (χ3n) is 5.45. The van der Waals surface area contributed by atoms with Gasteiger partial charge in [-0.1, -0.05) is 18.2 Å². The number of rotatable bonds is 4. The number of benzene rings is 1. The summed E-state index contributed by atoms with van der Waals surface area (Å²) in [6.07, 6.45) is 2.26. The number of pyridine rings is 1. The van der Waals surface area contributed by atoms with E-state index in [9.17, 15) is 4.79 Å². The van der Waals surface area contributed by atoms with Crippen LogP contribution in [0, 0.1) is 6.92 Å². The number of hydrogen-bond donors (Lipinski definition) is 1. The Bertz CT molecular complexity index is 1180. The predicted octanol–water partition coefficient (Wildman–Crippen LogP) is 4.39. The highest BCUT2D eigenvalue weighted by molar-refractivity contribution is 6.06. The van der Waals surface area contributed by atoms with E-state index in [2.05, 4.69) is 10.4 Å². The molecule has 0 radical (unpaired) electrons. The van der Waals surface area contributed by atoms with Gasteiger partial charge in [-0.05, 0) is 44.9 Å². The maximum Gasteiger partial charge on any atom is 0.252 e. The Labute approximate surface area is 162 Å². The molecule has 4 aromatic rings. The van der Waals surface area contributed by atoms with Crippen molar-refractivity contribution in [2.75, 3.05) is 0 Å². The summed E-state index contributed by atoms with van der Waals surface area (Å²) < 4.78 is 7.67. The van der Waals surface area contributed by atoms with E-state index >= 15 is 0 Å². The fraction of sp³-hybridized carbons (Fsp3) is 0.318. The standard InChI is InChI=1S/C22H22N4O2/c1-12(19-10-15-6-4-5-7-18(15)28-19)23-22(27)16-11-17(14-8-9-14)24-21-20(16)13(2)25-26(21)3/h4-7,10-12,14H,8-9H2,1-3H3,(H,23,27)/t12-/m0/s1. The zero-order valence-electron chi connectivity index (χ0n) is 16.2. The highest BCUT2D eigenvalue weighted by Crippen LogP contribution is 2.40. The summed E-state index contributed by atoms with van der Waals surface area (Å²) in [5, 5.41) is 9.42. The zero-order chi connectivity index (χ0) is 19.4. The van der Waals surface area contributed by atoms with Gasteiger partial charge in [0.05, 0.1) is 22.7 Å². The number of aromatic nitrogens is 3. The molecule has 3 heterocycles. The quantitative estimate of drug-likeness (QED) is 0.575. The summed E-state index contributed by atoms with van der Waals surface area (Å²) in [4.78, 5) is 18.0. The molecule has 0 spiro atoms. The Hall–Kier alpha value is -3.15. The van der Waals surface area contributed by atoms with Crippen LogP contribution in [0.4, 0.5) is 0 Å². The second-order valence-electron chi connectivity index (χ2n) is 7.66. The van der Waals surface area contributed by atoms with Crippen LogP contribution in [0.1, 0.15) is 59.2 Å². The van der Waals surface area contributed by atoms with Crippen molar-refractivity contribution in [2.45, 2.75) is 38.6 Å². The largest absolute Gasteiger partial charge is 0.459 e. The second kappa shape index (κ2) is 6.19. The Morgan fingerprint density at radius 2 is 2.07 bits per heavy atom. The van der Waals surface area contributed by atoms with E-state index in [1.54, 1.807) is 4.68 Å². The lowest BCUT2D eigenvalue weighted by Gasteiger charge is -2.13. The monoisotopic (exact) mass is 374 g/mol. The van der Waals surface area contributed by atoms with Crippen LogP contribution in [0.15, 0.2) is 40.8 Å². The molecular weight excluding hydrogens is 352 g/mol. The number of nitrogens with one attached hydrogen (secondary N) is 1. The minimum atomic E-state index is -0.246. The Morgan fingerprint density at radius 3 is 2.82 bits per heavy atom. The van der Waals surface area contributed by atoms with Gasteiger partial charge in [0.15, 0.2) is 5.65 Å². The lowest BCUT2D eigenvalue weighted by atomic mass is 10.1. The molecule has 0 saturated heterocycles. The van der Waals surface area contributed by atoms with Gasteiger partial charge < -0.3 is 9.73 Å². The van der Waals surface area contributed by atoms with Gasteiger partial charge in [-0.25, -0.2) is 4.98 Å². The third kappa shape index (κ3) is 2.76. The van der Waals surface area contributed by atoms with Crippen LogP contribution in [0.5, 0.6) is 0 Å². The van der Waals surface area contributed by atoms with Gasteiger partial charge >= 0.3 is 0 Å². The fourth-order valence-corrected chi connectivity index (χ4v) is 3.79. The van der Waals surface area contributed by atoms with Gasteiger partial charge in [0.2, 0.25) is 0 Å². The first-order valence-electron chi connectivity index (χ1n) is 9.65. The summed E-state index contributed by atoms with van der Waals surface area (Å²) in [6, 6.07) is 11.5. The van der Waals surface area contributed by atoms with Crippen LogP contribution in [0.3, 0.4) is 0 Å². The van der Waals surface area contributed by atoms with Crippen molar-refractivity contribution < 1.29 is 9.21 Å². The molecule has 1 aromatic carbocycles. The lowest BCUT2D eigenvalue weighted by Crippen LogP contribution is -2.27. The molecule has 0 aliphatic heterocycles. The van der Waals surface area contributed by atoms with Crippen molar-refractivity contribution in [1.29, 1.82) is 0 Å². The third-order valence-corrected chi connectivity index (χ3v) is 5.45. The average molecular weight is 374 g/mol. The summed E-state index contributed by atoms with van der Waals surface area (Å²) >= 11 is 0. The fourth-order valence-electron chi connectivity index (χ4n) is 3.79. The SMILES string of the molecule is Cc1nn(C)c2nc(C3CC3)cc(C(=O)N[C@@H](C)c3cc4ccccc4o3)c12. The summed E-state index contributed by atoms with van der Waals surface area (Å²) in [5.74, 6) is 1.07. The van der Waals surface area contributed by atoms with Crippen molar-refractivity contribution in [3.8, 4) is 0 Å². The molecule has 6 heteroatoms. The lowest BCUT2D eigenvalue weighted by molar-refractivity contribution is 0.0937. The smallest absolute Gasteiger partial charge is 0.252 e. The number of amides is 1. The molecule has 1 aliphatic rings. The molecular formula is C22H22N4O2. The molecule has 0 bridgehead atoms. The molecule has 1 amide bonds. The average Bonchev–Trinajstić information content (AvgIpc) is 3.37. The van der Waals surface area contributed by atoms with Crippen molar-refractivity contribution in [3.05, 3.63) is 59.1 Å². The van der Waals surface area contributed by atoms with Crippen molar-refractivity contribution >= 4 is 27.9 Å². The van der Waals surface area contributed by atoms with Crippen LogP contribution < -0.4 is 5.32 Å². The van der Waals surface area contributed by atoms with Crippen LogP contribution in [0.25, 0.3) is 22.0 Å². The molecule has 1 saturated carbocycles. The van der Waals surface area contributed by atoms with Gasteiger partial charge in [0.1, 0.15) is 11.3 Å². The van der Waals surface area contributed by atoms with E-state index in [0.717, 1.165) is 52.0 Å². The first-order valence-corrected chi connectivity index (χ1v) is 9.65. The molecule has 1 fully saturated rings. The van der Waals surface area contributed by atoms with Crippen LogP contribution in [0.2, 0.25) is 0 Å². The van der Waals surface area contributed by atoms with Gasteiger partial charge in [0.25, 0.3) is 5.91 Å². The summed E-state index contributed by atoms with van der Waals surface area (Å²) in [6.45, 7) is 3.85. The molecule has 28 heavy (non-hydrogen) atoms. The number of hydrogen-bond acceptors (Lipinski definition) is 4. The zero-order valence-corrected chi connectivity index (χ0v) is 16.2. The van der Waals surface area contributed by atoms with E-state index < -0.39 is 0 Å². The number of carbonyl (C=O) groups excluding carboxylic acids is 1. The summed E-state index contributed by atoms with van der Waals surface area (Å²) in [5.41, 5.74) is 4.03. The van der Waals surface area contributed by atoms with Crippen molar-refractivity contribution in [2.24, 2.45) is 7.05 Å². The first-order chi connectivity index (χ1) is 13.5. The Balaban J connectivity index is 1.51. The minimum absolute atomic E-state index is 0.127. The van der Waals surface area contributed by atoms with E-state index in [0.29, 0.717) is 11.5 Å². The van der Waals surface area contributed by atoms with Crippen LogP contribution >= 0.6 is 0 Å². The second-order valence-corrected chi connectivity index (χ2v) is 7.66. The van der Waals surface area contributed by atoms with Crippen LogP contribution in [-0.2, 0) is 7.05 Å². The molecule has 6 nitrogen and oxygen atoms in total. The van der Waals surface area contributed by atoms with E-state index in [4.69, 9.17) is 9.40 Å². The molecule has 142 valence electrons. The number of furan rings is 1. The number of carbonyl (C=O) groups is 1. The normalized spacial score (nSPS) is 15.2. The summed E-state index contributed by atoms with van der Waals surface area (Å²) in [7, 11) is 1.87. The molecule has 5 rings (SSSR count). The molecule has 1 N–H and O–H groups in total. The first kappa shape index (κ1) is 17.0. The van der Waals surface area contributed by atoms with Gasteiger partial charge in [0, 0.05) is 24.0 Å². The van der Waals surface area contributed by atoms with Gasteiger partial charge in [-0.15, -0.1) is 0 Å². The number of nitrogens with zero attached hydrogens (tertiary/aromatic N) is 3. The molecule has 3 aromatic heterocycles. The highest BCUT2D eigenvalue weighted by atomic mass is 16.3. The predicted molar refractivity (Wildman–Crippen MR) is 107 cm³/mol. The maximum absolute atomic E-state index is 13.2. The minimum Gasteiger partial charge on any atom is -0.459 e. The molecule has 1 atom stereocenters. The number of fused-ring (bicyclic) bond motifs is 2. The van der Waals surface area contributed by atoms with Gasteiger partial charge in [-0.3, -0.25) is 9.48 Å². The molecule has 1 aliphatic carbocycles. The van der Waals surface area contributed by atoms with Crippen molar-refractivity contribution in [3.63, 3.8) is 0 Å². The van der Waals surface area contributed by atoms with E-state index in [1.165, 1.54) is 0 Å². The highest BCUT2D eigenvalue weighted by Gasteiger charge is 2.29.